The van der Waals surface area contributed by atoms with Crippen molar-refractivity contribution in [1.82, 2.24) is 9.47 Å². The first-order valence-corrected chi connectivity index (χ1v) is 11.0. The van der Waals surface area contributed by atoms with Gasteiger partial charge in [-0.3, -0.25) is 14.5 Å². The highest BCUT2D eigenvalue weighted by Crippen LogP contribution is 2.39. The second kappa shape index (κ2) is 9.50. The molecule has 7 nitrogen and oxygen atoms in total. The summed E-state index contributed by atoms with van der Waals surface area (Å²) in [5, 5.41) is 10.2. The number of ether oxygens (including phenoxy) is 2. The van der Waals surface area contributed by atoms with Gasteiger partial charge in [-0.25, -0.2) is 0 Å². The largest absolute Gasteiger partial charge is 0.493 e. The smallest absolute Gasteiger partial charge is 0.262 e. The van der Waals surface area contributed by atoms with Crippen LogP contribution in [0.4, 0.5) is 0 Å². The minimum Gasteiger partial charge on any atom is -0.493 e. The lowest BCUT2D eigenvalue weighted by atomic mass is 9.98. The number of nitrogens with zero attached hydrogens (tertiary/aromatic N) is 2. The second-order valence-corrected chi connectivity index (χ2v) is 8.12. The van der Waals surface area contributed by atoms with Crippen molar-refractivity contribution in [3.05, 3.63) is 83.2 Å². The maximum absolute atomic E-state index is 13.6. The van der Waals surface area contributed by atoms with Crippen LogP contribution < -0.4 is 9.47 Å². The second-order valence-electron chi connectivity index (χ2n) is 8.12. The Morgan fingerprint density at radius 1 is 1.00 bits per heavy atom. The average molecular weight is 449 g/mol. The van der Waals surface area contributed by atoms with Crippen LogP contribution in [-0.4, -0.2) is 46.2 Å². The van der Waals surface area contributed by atoms with E-state index in [2.05, 4.69) is 0 Å². The zero-order valence-electron chi connectivity index (χ0n) is 19.0. The number of aromatic nitrogens is 1. The number of carbonyl (C=O) groups is 2. The molecule has 7 heteroatoms. The molecular weight excluding hydrogens is 420 g/mol. The number of rotatable bonds is 9. The van der Waals surface area contributed by atoms with Gasteiger partial charge in [0.25, 0.3) is 11.8 Å². The highest BCUT2D eigenvalue weighted by atomic mass is 16.5. The first-order chi connectivity index (χ1) is 15.9. The number of carbonyl (C=O) groups excluding carboxylic acids is 2. The van der Waals surface area contributed by atoms with Crippen molar-refractivity contribution < 1.29 is 24.2 Å². The number of hydrogen-bond donors (Lipinski definition) is 1. The molecule has 1 unspecified atom stereocenters. The van der Waals surface area contributed by atoms with Crippen molar-refractivity contribution in [2.75, 3.05) is 13.7 Å². The Balaban J connectivity index is 1.75. The van der Waals surface area contributed by atoms with Crippen LogP contribution in [0.3, 0.4) is 0 Å². The van der Waals surface area contributed by atoms with Gasteiger partial charge in [0.1, 0.15) is 0 Å². The van der Waals surface area contributed by atoms with Gasteiger partial charge in [0.05, 0.1) is 37.0 Å². The van der Waals surface area contributed by atoms with Crippen molar-refractivity contribution in [3.63, 3.8) is 0 Å². The molecule has 0 aliphatic carbocycles. The first-order valence-electron chi connectivity index (χ1n) is 11.0. The van der Waals surface area contributed by atoms with Gasteiger partial charge in [-0.1, -0.05) is 18.2 Å². The predicted octanol–water partition coefficient (Wildman–Crippen LogP) is 4.05. The van der Waals surface area contributed by atoms with Gasteiger partial charge >= 0.3 is 0 Å². The number of amides is 2. The van der Waals surface area contributed by atoms with Crippen LogP contribution in [0.15, 0.2) is 60.9 Å². The monoisotopic (exact) mass is 448 g/mol. The van der Waals surface area contributed by atoms with E-state index in [0.29, 0.717) is 41.3 Å². The minimum absolute atomic E-state index is 0.205. The zero-order valence-corrected chi connectivity index (χ0v) is 19.0. The van der Waals surface area contributed by atoms with Crippen LogP contribution in [0.25, 0.3) is 0 Å². The van der Waals surface area contributed by atoms with Crippen molar-refractivity contribution in [2.24, 2.45) is 0 Å². The van der Waals surface area contributed by atoms with Gasteiger partial charge in [-0.15, -0.1) is 0 Å². The van der Waals surface area contributed by atoms with E-state index in [1.165, 1.54) is 4.90 Å². The molecule has 1 aromatic heterocycles. The predicted molar refractivity (Wildman–Crippen MR) is 124 cm³/mol. The molecule has 2 heterocycles. The molecule has 0 fully saturated rings. The zero-order chi connectivity index (χ0) is 23.5. The lowest BCUT2D eigenvalue weighted by molar-refractivity contribution is 0.0523. The molecule has 2 amide bonds. The molecule has 2 atom stereocenters. The summed E-state index contributed by atoms with van der Waals surface area (Å²) >= 11 is 0. The summed E-state index contributed by atoms with van der Waals surface area (Å²) in [6.07, 6.45) is 3.31. The molecule has 33 heavy (non-hydrogen) atoms. The topological polar surface area (TPSA) is 81.0 Å². The van der Waals surface area contributed by atoms with E-state index in [1.54, 1.807) is 44.4 Å². The highest BCUT2D eigenvalue weighted by molar-refractivity contribution is 6.22. The van der Waals surface area contributed by atoms with E-state index in [4.69, 9.17) is 9.47 Å². The van der Waals surface area contributed by atoms with Crippen LogP contribution in [0, 0.1) is 0 Å². The fourth-order valence-corrected chi connectivity index (χ4v) is 4.34. The molecule has 172 valence electrons. The molecule has 3 aromatic rings. The van der Waals surface area contributed by atoms with E-state index in [0.717, 1.165) is 5.56 Å². The van der Waals surface area contributed by atoms with E-state index >= 15 is 0 Å². The van der Waals surface area contributed by atoms with Gasteiger partial charge < -0.3 is 19.1 Å². The van der Waals surface area contributed by atoms with Crippen LogP contribution >= 0.6 is 0 Å². The highest BCUT2D eigenvalue weighted by Gasteiger charge is 2.42. The Labute approximate surface area is 193 Å². The van der Waals surface area contributed by atoms with Crippen LogP contribution in [0.2, 0.25) is 0 Å². The Kier molecular flexibility index (Phi) is 6.51. The van der Waals surface area contributed by atoms with Crippen LogP contribution in [0.1, 0.15) is 58.2 Å². The van der Waals surface area contributed by atoms with Gasteiger partial charge in [-0.05, 0) is 61.7 Å². The molecule has 2 aromatic carbocycles. The van der Waals surface area contributed by atoms with Crippen LogP contribution in [-0.2, 0) is 6.54 Å². The number of benzene rings is 2. The lowest BCUT2D eigenvalue weighted by Gasteiger charge is -2.28. The van der Waals surface area contributed by atoms with E-state index in [-0.39, 0.29) is 18.2 Å². The quantitative estimate of drug-likeness (QED) is 0.500. The number of imide groups is 1. The fraction of sp³-hybridized carbons (Fsp3) is 0.308. The minimum atomic E-state index is -0.726. The molecular formula is C26H28N2O5. The number of hydrogen-bond acceptors (Lipinski definition) is 5. The van der Waals surface area contributed by atoms with Crippen molar-refractivity contribution in [1.29, 1.82) is 0 Å². The van der Waals surface area contributed by atoms with Gasteiger partial charge in [0.2, 0.25) is 0 Å². The van der Waals surface area contributed by atoms with Gasteiger partial charge in [0, 0.05) is 18.9 Å². The average Bonchev–Trinajstić information content (AvgIpc) is 3.39. The molecule has 0 spiro atoms. The van der Waals surface area contributed by atoms with Crippen LogP contribution in [0.5, 0.6) is 11.5 Å². The normalized spacial score (nSPS) is 14.8. The Hall–Kier alpha value is -3.58. The summed E-state index contributed by atoms with van der Waals surface area (Å²) in [4.78, 5) is 28.4. The third kappa shape index (κ3) is 4.36. The molecule has 1 aliphatic heterocycles. The van der Waals surface area contributed by atoms with Crippen molar-refractivity contribution in [2.45, 2.75) is 39.0 Å². The lowest BCUT2D eigenvalue weighted by Crippen LogP contribution is -2.36. The van der Waals surface area contributed by atoms with E-state index < -0.39 is 12.1 Å². The van der Waals surface area contributed by atoms with E-state index in [1.807, 2.05) is 42.1 Å². The number of fused-ring (bicyclic) bond motifs is 1. The Morgan fingerprint density at radius 3 is 2.42 bits per heavy atom. The molecule has 0 saturated carbocycles. The van der Waals surface area contributed by atoms with Gasteiger partial charge in [0.15, 0.2) is 11.5 Å². The fourth-order valence-electron chi connectivity index (χ4n) is 4.34. The Morgan fingerprint density at radius 2 is 1.76 bits per heavy atom. The summed E-state index contributed by atoms with van der Waals surface area (Å²) in [6.45, 7) is 4.45. The molecule has 1 N–H and O–H groups in total. The number of aliphatic hydroxyl groups excluding tert-OH is 1. The number of methoxy groups -OCH3 is 1. The summed E-state index contributed by atoms with van der Waals surface area (Å²) in [7, 11) is 1.56. The standard InChI is InChI=1S/C26H28N2O5/c1-4-33-23-15-18(10-11-22(23)32-3)21(14-17(2)29)28-25(30)20-9-7-8-19(24(20)26(28)31)16-27-12-5-6-13-27/h5-13,15,17,21,29H,4,14,16H2,1-3H3/t17?,21-/m1/s1. The maximum Gasteiger partial charge on any atom is 0.262 e. The summed E-state index contributed by atoms with van der Waals surface area (Å²) in [6, 6.07) is 13.9. The summed E-state index contributed by atoms with van der Waals surface area (Å²) in [5.74, 6) is 0.381. The van der Waals surface area contributed by atoms with Crippen molar-refractivity contribution in [3.8, 4) is 11.5 Å². The molecule has 1 aliphatic rings. The van der Waals surface area contributed by atoms with Crippen molar-refractivity contribution >= 4 is 11.8 Å². The molecule has 0 saturated heterocycles. The molecule has 0 bridgehead atoms. The summed E-state index contributed by atoms with van der Waals surface area (Å²) < 4.78 is 13.0. The maximum atomic E-state index is 13.6. The Bertz CT molecular complexity index is 1150. The third-order valence-electron chi connectivity index (χ3n) is 5.80. The molecule has 0 radical (unpaired) electrons. The summed E-state index contributed by atoms with van der Waals surface area (Å²) in [5.41, 5.74) is 2.29. The SMILES string of the molecule is CCOc1cc([C@@H](CC(C)O)N2C(=O)c3cccc(Cn4cccc4)c3C2=O)ccc1OC. The molecule has 4 rings (SSSR count). The number of aliphatic hydroxyl groups is 1. The third-order valence-corrected chi connectivity index (χ3v) is 5.80. The first kappa shape index (κ1) is 22.6. The van der Waals surface area contributed by atoms with Gasteiger partial charge in [-0.2, -0.15) is 0 Å². The van der Waals surface area contributed by atoms with E-state index in [9.17, 15) is 14.7 Å².